The third kappa shape index (κ3) is 52.0. The maximum Gasteiger partial charge on any atom is 0.305 e. The first-order valence-corrected chi connectivity index (χ1v) is 29.9. The Balaban J connectivity index is 3.40. The van der Waals surface area contributed by atoms with Crippen LogP contribution in [-0.4, -0.2) is 47.4 Å². The van der Waals surface area contributed by atoms with Crippen LogP contribution in [0.3, 0.4) is 0 Å². The second-order valence-corrected chi connectivity index (χ2v) is 20.7. The number of allylic oxidation sites excluding steroid dienone is 2. The third-order valence-electron chi connectivity index (χ3n) is 14.1. The van der Waals surface area contributed by atoms with Crippen molar-refractivity contribution in [2.24, 2.45) is 0 Å². The predicted molar refractivity (Wildman–Crippen MR) is 287 cm³/mol. The van der Waals surface area contributed by atoms with Crippen molar-refractivity contribution in [1.29, 1.82) is 0 Å². The smallest absolute Gasteiger partial charge is 0.305 e. The van der Waals surface area contributed by atoms with E-state index < -0.39 is 12.1 Å². The molecule has 6 heteroatoms. The Morgan fingerprint density at radius 3 is 1.12 bits per heavy atom. The van der Waals surface area contributed by atoms with E-state index in [-0.39, 0.29) is 18.5 Å². The highest BCUT2D eigenvalue weighted by Gasteiger charge is 2.20. The molecule has 0 aromatic heterocycles. The van der Waals surface area contributed by atoms with Gasteiger partial charge in [-0.15, -0.1) is 0 Å². The van der Waals surface area contributed by atoms with Gasteiger partial charge in [0.1, 0.15) is 0 Å². The number of aliphatic hydroxyl groups is 2. The fourth-order valence-electron chi connectivity index (χ4n) is 9.45. The molecule has 0 saturated heterocycles. The number of esters is 1. The first kappa shape index (κ1) is 64.6. The molecule has 66 heavy (non-hydrogen) atoms. The van der Waals surface area contributed by atoms with Crippen LogP contribution in [0.4, 0.5) is 0 Å². The highest BCUT2D eigenvalue weighted by molar-refractivity contribution is 5.76. The van der Waals surface area contributed by atoms with E-state index in [9.17, 15) is 19.8 Å². The average molecular weight is 933 g/mol. The summed E-state index contributed by atoms with van der Waals surface area (Å²) in [5, 5.41) is 23.3. The molecule has 0 aliphatic rings. The van der Waals surface area contributed by atoms with Crippen molar-refractivity contribution in [3.8, 4) is 0 Å². The Morgan fingerprint density at radius 1 is 0.409 bits per heavy atom. The van der Waals surface area contributed by atoms with Crippen molar-refractivity contribution in [1.82, 2.24) is 5.32 Å². The molecule has 0 aromatic rings. The quantitative estimate of drug-likeness (QED) is 0.0321. The molecule has 6 nitrogen and oxygen atoms in total. The van der Waals surface area contributed by atoms with Crippen molar-refractivity contribution >= 4 is 11.9 Å². The lowest BCUT2D eigenvalue weighted by atomic mass is 10.0. The first-order valence-electron chi connectivity index (χ1n) is 29.9. The summed E-state index contributed by atoms with van der Waals surface area (Å²) in [7, 11) is 0. The number of unbranched alkanes of at least 4 members (excludes halogenated alkanes) is 43. The SMILES string of the molecule is CCCC/C=C\CCCCCCCC(=O)OCCCCCCCCCCCCCCCCCCCCCCC(=O)NC(CO)C(O)CCCCCCCCCCCCCCCCCCCC. The van der Waals surface area contributed by atoms with Crippen LogP contribution < -0.4 is 5.32 Å². The highest BCUT2D eigenvalue weighted by atomic mass is 16.5. The summed E-state index contributed by atoms with van der Waals surface area (Å²) in [6.07, 6.45) is 66.4. The Labute approximate surface area is 412 Å². The molecule has 0 aliphatic heterocycles. The molecule has 0 bridgehead atoms. The third-order valence-corrected chi connectivity index (χ3v) is 14.1. The van der Waals surface area contributed by atoms with E-state index in [1.165, 1.54) is 257 Å². The monoisotopic (exact) mass is 932 g/mol. The minimum absolute atomic E-state index is 0.000158. The second kappa shape index (κ2) is 56.2. The lowest BCUT2D eigenvalue weighted by molar-refractivity contribution is -0.143. The van der Waals surface area contributed by atoms with Crippen LogP contribution in [-0.2, 0) is 14.3 Å². The van der Waals surface area contributed by atoms with Crippen molar-refractivity contribution < 1.29 is 24.5 Å². The van der Waals surface area contributed by atoms with Gasteiger partial charge in [-0.05, 0) is 44.9 Å². The predicted octanol–water partition coefficient (Wildman–Crippen LogP) is 18.5. The molecule has 0 radical (unpaired) electrons. The van der Waals surface area contributed by atoms with Gasteiger partial charge in [-0.3, -0.25) is 9.59 Å². The standard InChI is InChI=1S/C60H117NO5/c1-3-5-7-9-11-13-15-16-17-18-23-26-29-33-36-40-44-48-52-58(63)57(56-62)61-59(64)53-49-45-41-37-34-30-27-24-21-19-20-22-25-28-31-35-39-43-47-51-55-66-60(65)54-50-46-42-38-32-14-12-10-8-6-4-2/h10,12,57-58,62-63H,3-9,11,13-56H2,1-2H3,(H,61,64)/b12-10-. The van der Waals surface area contributed by atoms with Crippen LogP contribution in [0.25, 0.3) is 0 Å². The molecule has 2 unspecified atom stereocenters. The zero-order valence-electron chi connectivity index (χ0n) is 44.7. The van der Waals surface area contributed by atoms with E-state index in [1.807, 2.05) is 0 Å². The van der Waals surface area contributed by atoms with Crippen molar-refractivity contribution in [3.63, 3.8) is 0 Å². The number of aliphatic hydroxyl groups excluding tert-OH is 2. The Bertz CT molecular complexity index is 986. The van der Waals surface area contributed by atoms with Gasteiger partial charge in [0.2, 0.25) is 5.91 Å². The number of carbonyl (C=O) groups excluding carboxylic acids is 2. The molecule has 392 valence electrons. The van der Waals surface area contributed by atoms with E-state index in [2.05, 4.69) is 31.3 Å². The molecular formula is C60H117NO5. The highest BCUT2D eigenvalue weighted by Crippen LogP contribution is 2.18. The van der Waals surface area contributed by atoms with Gasteiger partial charge in [-0.1, -0.05) is 289 Å². The summed E-state index contributed by atoms with van der Waals surface area (Å²) in [6.45, 7) is 4.93. The molecule has 0 spiro atoms. The number of ether oxygens (including phenoxy) is 1. The summed E-state index contributed by atoms with van der Waals surface area (Å²) >= 11 is 0. The molecule has 0 fully saturated rings. The van der Waals surface area contributed by atoms with Crippen molar-refractivity contribution in [2.75, 3.05) is 13.2 Å². The number of nitrogens with one attached hydrogen (secondary N) is 1. The molecule has 3 N–H and O–H groups in total. The van der Waals surface area contributed by atoms with Gasteiger partial charge in [0.25, 0.3) is 0 Å². The minimum atomic E-state index is -0.665. The zero-order chi connectivity index (χ0) is 47.9. The average Bonchev–Trinajstić information content (AvgIpc) is 3.32. The van der Waals surface area contributed by atoms with E-state index in [0.29, 0.717) is 25.9 Å². The normalized spacial score (nSPS) is 12.6. The van der Waals surface area contributed by atoms with Crippen LogP contribution in [0.15, 0.2) is 12.2 Å². The largest absolute Gasteiger partial charge is 0.466 e. The lowest BCUT2D eigenvalue weighted by Gasteiger charge is -2.22. The molecule has 0 rings (SSSR count). The summed E-state index contributed by atoms with van der Waals surface area (Å²) in [6, 6.07) is -0.542. The summed E-state index contributed by atoms with van der Waals surface area (Å²) in [5.41, 5.74) is 0. The van der Waals surface area contributed by atoms with Gasteiger partial charge < -0.3 is 20.3 Å². The Morgan fingerprint density at radius 2 is 0.727 bits per heavy atom. The summed E-state index contributed by atoms with van der Waals surface area (Å²) in [5.74, 6) is -0.0337. The molecule has 1 amide bonds. The van der Waals surface area contributed by atoms with Crippen molar-refractivity contribution in [2.45, 2.75) is 347 Å². The molecule has 0 aromatic carbocycles. The number of hydrogen-bond acceptors (Lipinski definition) is 5. The summed E-state index contributed by atoms with van der Waals surface area (Å²) < 4.78 is 5.46. The minimum Gasteiger partial charge on any atom is -0.466 e. The molecule has 0 heterocycles. The van der Waals surface area contributed by atoms with Crippen LogP contribution in [0, 0.1) is 0 Å². The number of carbonyl (C=O) groups is 2. The maximum absolute atomic E-state index is 12.5. The summed E-state index contributed by atoms with van der Waals surface area (Å²) in [4.78, 5) is 24.5. The van der Waals surface area contributed by atoms with E-state index in [0.717, 1.165) is 44.9 Å². The van der Waals surface area contributed by atoms with Gasteiger partial charge in [0.05, 0.1) is 25.4 Å². The molecule has 0 saturated carbocycles. The van der Waals surface area contributed by atoms with Gasteiger partial charge in [0, 0.05) is 12.8 Å². The van der Waals surface area contributed by atoms with Gasteiger partial charge in [-0.2, -0.15) is 0 Å². The van der Waals surface area contributed by atoms with Crippen LogP contribution in [0.5, 0.6) is 0 Å². The van der Waals surface area contributed by atoms with Crippen LogP contribution in [0.1, 0.15) is 335 Å². The molecule has 2 atom stereocenters. The molecule has 0 aliphatic carbocycles. The lowest BCUT2D eigenvalue weighted by Crippen LogP contribution is -2.45. The van der Waals surface area contributed by atoms with Gasteiger partial charge in [-0.25, -0.2) is 0 Å². The Kier molecular flexibility index (Phi) is 55.0. The fourth-order valence-corrected chi connectivity index (χ4v) is 9.45. The zero-order valence-corrected chi connectivity index (χ0v) is 44.7. The van der Waals surface area contributed by atoms with E-state index in [1.54, 1.807) is 0 Å². The van der Waals surface area contributed by atoms with Crippen LogP contribution in [0.2, 0.25) is 0 Å². The van der Waals surface area contributed by atoms with E-state index >= 15 is 0 Å². The number of amides is 1. The van der Waals surface area contributed by atoms with Gasteiger partial charge in [0.15, 0.2) is 0 Å². The van der Waals surface area contributed by atoms with Crippen LogP contribution >= 0.6 is 0 Å². The van der Waals surface area contributed by atoms with Gasteiger partial charge >= 0.3 is 5.97 Å². The molecular weight excluding hydrogens is 815 g/mol. The topological polar surface area (TPSA) is 95.9 Å². The number of rotatable bonds is 56. The van der Waals surface area contributed by atoms with Crippen molar-refractivity contribution in [3.05, 3.63) is 12.2 Å². The number of hydrogen-bond donors (Lipinski definition) is 3. The fraction of sp³-hybridized carbons (Fsp3) is 0.933. The maximum atomic E-state index is 12.5. The van der Waals surface area contributed by atoms with E-state index in [4.69, 9.17) is 4.74 Å². The Hall–Kier alpha value is -1.40. The second-order valence-electron chi connectivity index (χ2n) is 20.7. The first-order chi connectivity index (χ1) is 32.5.